The lowest BCUT2D eigenvalue weighted by atomic mass is 10.2. The fourth-order valence-corrected chi connectivity index (χ4v) is 2.88. The summed E-state index contributed by atoms with van der Waals surface area (Å²) in [6.07, 6.45) is 1.60. The average Bonchev–Trinajstić information content (AvgIpc) is 2.91. The van der Waals surface area contributed by atoms with Crippen molar-refractivity contribution in [1.29, 1.82) is 0 Å². The third kappa shape index (κ3) is 3.83. The van der Waals surface area contributed by atoms with Crippen molar-refractivity contribution < 1.29 is 9.66 Å². The molecule has 1 aromatic carbocycles. The molecule has 0 radical (unpaired) electrons. The van der Waals surface area contributed by atoms with E-state index in [1.54, 1.807) is 37.0 Å². The van der Waals surface area contributed by atoms with Gasteiger partial charge in [0.2, 0.25) is 5.82 Å². The summed E-state index contributed by atoms with van der Waals surface area (Å²) in [5, 5.41) is 18.9. The Labute approximate surface area is 158 Å². The van der Waals surface area contributed by atoms with Gasteiger partial charge in [-0.05, 0) is 52.7 Å². The normalized spacial score (nSPS) is 10.6. The number of nitro groups is 1. The van der Waals surface area contributed by atoms with Crippen LogP contribution in [0.1, 0.15) is 11.3 Å². The van der Waals surface area contributed by atoms with Crippen LogP contribution in [0.25, 0.3) is 0 Å². The highest BCUT2D eigenvalue weighted by molar-refractivity contribution is 9.10. The minimum atomic E-state index is -0.425. The SMILES string of the molecule is COc1ccc(Cn2nc(Nc3ccnc(Br)c3)c([N+](=O)[O-])c2C)cc1. The number of hydrogen-bond donors (Lipinski definition) is 1. The van der Waals surface area contributed by atoms with Crippen LogP contribution in [-0.4, -0.2) is 26.8 Å². The second-order valence-electron chi connectivity index (χ2n) is 5.54. The number of hydrogen-bond acceptors (Lipinski definition) is 6. The highest BCUT2D eigenvalue weighted by Gasteiger charge is 2.25. The highest BCUT2D eigenvalue weighted by Crippen LogP contribution is 2.31. The molecule has 0 amide bonds. The summed E-state index contributed by atoms with van der Waals surface area (Å²) >= 11 is 3.28. The van der Waals surface area contributed by atoms with Crippen molar-refractivity contribution in [3.63, 3.8) is 0 Å². The zero-order valence-corrected chi connectivity index (χ0v) is 15.7. The first-order valence-corrected chi connectivity index (χ1v) is 8.50. The van der Waals surface area contributed by atoms with Crippen molar-refractivity contribution in [3.8, 4) is 5.75 Å². The maximum atomic E-state index is 11.5. The standard InChI is InChI=1S/C17H16BrN5O3/c1-11-16(23(24)25)17(20-13-7-8-19-15(18)9-13)21-22(11)10-12-3-5-14(26-2)6-4-12/h3-9H,10H2,1-2H3,(H,19,20,21). The molecule has 0 fully saturated rings. The minimum absolute atomic E-state index is 0.0496. The van der Waals surface area contributed by atoms with E-state index in [2.05, 4.69) is 31.3 Å². The lowest BCUT2D eigenvalue weighted by molar-refractivity contribution is -0.384. The van der Waals surface area contributed by atoms with Crippen LogP contribution in [0, 0.1) is 17.0 Å². The third-order valence-electron chi connectivity index (χ3n) is 3.84. The van der Waals surface area contributed by atoms with Crippen LogP contribution in [0.5, 0.6) is 5.75 Å². The molecule has 3 rings (SSSR count). The first-order valence-electron chi connectivity index (χ1n) is 7.71. The van der Waals surface area contributed by atoms with E-state index >= 15 is 0 Å². The number of nitrogens with one attached hydrogen (secondary N) is 1. The van der Waals surface area contributed by atoms with Gasteiger partial charge in [0.15, 0.2) is 0 Å². The summed E-state index contributed by atoms with van der Waals surface area (Å²) in [5.74, 6) is 0.946. The first-order chi connectivity index (χ1) is 12.5. The molecule has 0 saturated carbocycles. The van der Waals surface area contributed by atoms with Crippen molar-refractivity contribution in [2.45, 2.75) is 13.5 Å². The topological polar surface area (TPSA) is 95.1 Å². The largest absolute Gasteiger partial charge is 0.497 e. The van der Waals surface area contributed by atoms with Gasteiger partial charge < -0.3 is 10.1 Å². The molecule has 0 saturated heterocycles. The molecule has 1 N–H and O–H groups in total. The average molecular weight is 418 g/mol. The molecule has 26 heavy (non-hydrogen) atoms. The van der Waals surface area contributed by atoms with Gasteiger partial charge in [-0.15, -0.1) is 5.10 Å². The second kappa shape index (κ2) is 7.52. The van der Waals surface area contributed by atoms with Crippen molar-refractivity contribution in [2.24, 2.45) is 0 Å². The van der Waals surface area contributed by atoms with Crippen LogP contribution in [0.15, 0.2) is 47.2 Å². The zero-order chi connectivity index (χ0) is 18.7. The maximum Gasteiger partial charge on any atom is 0.334 e. The Kier molecular flexibility index (Phi) is 5.17. The van der Waals surface area contributed by atoms with E-state index in [4.69, 9.17) is 4.74 Å². The summed E-state index contributed by atoms with van der Waals surface area (Å²) < 4.78 is 7.38. The summed E-state index contributed by atoms with van der Waals surface area (Å²) in [6.45, 7) is 2.10. The predicted octanol–water partition coefficient (Wildman–Crippen LogP) is 4.06. The van der Waals surface area contributed by atoms with Gasteiger partial charge in [0.25, 0.3) is 0 Å². The number of ether oxygens (including phenoxy) is 1. The van der Waals surface area contributed by atoms with Gasteiger partial charge in [0.1, 0.15) is 16.0 Å². The smallest absolute Gasteiger partial charge is 0.334 e. The molecule has 3 aromatic rings. The number of pyridine rings is 1. The molecule has 0 unspecified atom stereocenters. The predicted molar refractivity (Wildman–Crippen MR) is 101 cm³/mol. The van der Waals surface area contributed by atoms with E-state index < -0.39 is 4.92 Å². The third-order valence-corrected chi connectivity index (χ3v) is 4.27. The van der Waals surface area contributed by atoms with Crippen LogP contribution in [-0.2, 0) is 6.54 Å². The Morgan fingerprint density at radius 3 is 2.65 bits per heavy atom. The molecule has 0 spiro atoms. The molecular formula is C17H16BrN5O3. The summed E-state index contributed by atoms with van der Waals surface area (Å²) in [7, 11) is 1.60. The van der Waals surface area contributed by atoms with Gasteiger partial charge in [-0.1, -0.05) is 12.1 Å². The molecule has 134 valence electrons. The van der Waals surface area contributed by atoms with Gasteiger partial charge in [-0.2, -0.15) is 0 Å². The Bertz CT molecular complexity index is 940. The van der Waals surface area contributed by atoms with Crippen LogP contribution in [0.3, 0.4) is 0 Å². The molecule has 2 heterocycles. The quantitative estimate of drug-likeness (QED) is 0.369. The Morgan fingerprint density at radius 2 is 2.04 bits per heavy atom. The van der Waals surface area contributed by atoms with Crippen molar-refractivity contribution >= 4 is 33.1 Å². The number of rotatable bonds is 6. The molecule has 8 nitrogen and oxygen atoms in total. The van der Waals surface area contributed by atoms with Gasteiger partial charge in [-0.3, -0.25) is 14.8 Å². The number of anilines is 2. The number of nitrogens with zero attached hydrogens (tertiary/aromatic N) is 4. The second-order valence-corrected chi connectivity index (χ2v) is 6.35. The van der Waals surface area contributed by atoms with Gasteiger partial charge >= 0.3 is 5.69 Å². The van der Waals surface area contributed by atoms with Crippen LogP contribution < -0.4 is 10.1 Å². The maximum absolute atomic E-state index is 11.5. The van der Waals surface area contributed by atoms with Crippen LogP contribution in [0.2, 0.25) is 0 Å². The number of methoxy groups -OCH3 is 1. The van der Waals surface area contributed by atoms with Gasteiger partial charge in [0.05, 0.1) is 18.6 Å². The summed E-state index contributed by atoms with van der Waals surface area (Å²) in [6, 6.07) is 10.9. The van der Waals surface area contributed by atoms with Crippen molar-refractivity contribution in [3.05, 3.63) is 68.6 Å². The lowest BCUT2D eigenvalue weighted by Gasteiger charge is -2.05. The van der Waals surface area contributed by atoms with Crippen LogP contribution in [0.4, 0.5) is 17.2 Å². The molecule has 2 aromatic heterocycles. The molecule has 0 aliphatic heterocycles. The first kappa shape index (κ1) is 17.9. The monoisotopic (exact) mass is 417 g/mol. The van der Waals surface area contributed by atoms with Crippen LogP contribution >= 0.6 is 15.9 Å². The van der Waals surface area contributed by atoms with Crippen molar-refractivity contribution in [2.75, 3.05) is 12.4 Å². The molecule has 0 atom stereocenters. The fourth-order valence-electron chi connectivity index (χ4n) is 2.51. The number of benzene rings is 1. The summed E-state index contributed by atoms with van der Waals surface area (Å²) in [5.41, 5.74) is 2.04. The molecule has 9 heteroatoms. The van der Waals surface area contributed by atoms with E-state index in [-0.39, 0.29) is 11.5 Å². The fraction of sp³-hybridized carbons (Fsp3) is 0.176. The van der Waals surface area contributed by atoms with Crippen molar-refractivity contribution in [1.82, 2.24) is 14.8 Å². The van der Waals surface area contributed by atoms with E-state index in [0.29, 0.717) is 22.5 Å². The molecule has 0 bridgehead atoms. The Hall–Kier alpha value is -2.94. The van der Waals surface area contributed by atoms with E-state index in [1.807, 2.05) is 24.3 Å². The van der Waals surface area contributed by atoms with E-state index in [1.165, 1.54) is 0 Å². The minimum Gasteiger partial charge on any atom is -0.497 e. The molecule has 0 aliphatic carbocycles. The number of halogens is 1. The Morgan fingerprint density at radius 1 is 1.31 bits per heavy atom. The van der Waals surface area contributed by atoms with Gasteiger partial charge in [0, 0.05) is 11.9 Å². The molecular weight excluding hydrogens is 402 g/mol. The van der Waals surface area contributed by atoms with Gasteiger partial charge in [-0.25, -0.2) is 4.98 Å². The zero-order valence-electron chi connectivity index (χ0n) is 14.1. The lowest BCUT2D eigenvalue weighted by Crippen LogP contribution is -2.04. The summed E-state index contributed by atoms with van der Waals surface area (Å²) in [4.78, 5) is 15.1. The number of aromatic nitrogens is 3. The highest BCUT2D eigenvalue weighted by atomic mass is 79.9. The molecule has 0 aliphatic rings. The van der Waals surface area contributed by atoms with E-state index in [0.717, 1.165) is 11.3 Å². The van der Waals surface area contributed by atoms with E-state index in [9.17, 15) is 10.1 Å². The Balaban J connectivity index is 1.92.